The second kappa shape index (κ2) is 9.39. The monoisotopic (exact) mass is 462 g/mol. The van der Waals surface area contributed by atoms with Crippen molar-refractivity contribution in [3.63, 3.8) is 0 Å². The first-order valence-corrected chi connectivity index (χ1v) is 12.2. The van der Waals surface area contributed by atoms with Crippen LogP contribution in [0.4, 0.5) is 0 Å². The van der Waals surface area contributed by atoms with Gasteiger partial charge >= 0.3 is 0 Å². The van der Waals surface area contributed by atoms with Gasteiger partial charge in [0.15, 0.2) is 0 Å². The Labute approximate surface area is 200 Å². The highest BCUT2D eigenvalue weighted by Crippen LogP contribution is 2.42. The van der Waals surface area contributed by atoms with E-state index in [1.54, 1.807) is 38.2 Å². The number of nitrogens with zero attached hydrogens (tertiary/aromatic N) is 3. The van der Waals surface area contributed by atoms with Crippen LogP contribution in [0.5, 0.6) is 11.5 Å². The van der Waals surface area contributed by atoms with Gasteiger partial charge in [0.05, 0.1) is 25.2 Å². The third-order valence-electron chi connectivity index (χ3n) is 7.87. The molecule has 2 aliphatic heterocycles. The van der Waals surface area contributed by atoms with Crippen molar-refractivity contribution in [2.75, 3.05) is 40.4 Å². The Bertz CT molecular complexity index is 1210. The standard InChI is InChI=1S/C27H34N4O3/c1-30-17-22(20-4-9-29-16-21(20)26(30)32)19-14-24(33-2)23(25(15-19)34-3)18-31-12-7-27(8-13-31)5-10-28-11-6-27/h4,9,14-17,28H,5-8,10-13,18H2,1-3H3. The van der Waals surface area contributed by atoms with Crippen molar-refractivity contribution < 1.29 is 9.47 Å². The maximum Gasteiger partial charge on any atom is 0.259 e. The van der Waals surface area contributed by atoms with Gasteiger partial charge in [-0.25, -0.2) is 0 Å². The van der Waals surface area contributed by atoms with Crippen LogP contribution in [-0.4, -0.2) is 54.8 Å². The summed E-state index contributed by atoms with van der Waals surface area (Å²) in [6, 6.07) is 6.02. The second-order valence-electron chi connectivity index (χ2n) is 9.77. The van der Waals surface area contributed by atoms with Crippen LogP contribution in [0.2, 0.25) is 0 Å². The molecule has 34 heavy (non-hydrogen) atoms. The molecule has 1 aromatic carbocycles. The van der Waals surface area contributed by atoms with Crippen LogP contribution in [0.15, 0.2) is 41.6 Å². The average Bonchev–Trinajstić information content (AvgIpc) is 2.88. The first-order chi connectivity index (χ1) is 16.5. The van der Waals surface area contributed by atoms with Crippen LogP contribution in [0.3, 0.4) is 0 Å². The molecule has 0 unspecified atom stereocenters. The van der Waals surface area contributed by atoms with Crippen molar-refractivity contribution in [2.45, 2.75) is 32.2 Å². The molecule has 0 aliphatic carbocycles. The minimum Gasteiger partial charge on any atom is -0.496 e. The number of benzene rings is 1. The van der Waals surface area contributed by atoms with E-state index in [1.807, 2.05) is 12.3 Å². The molecule has 0 radical (unpaired) electrons. The largest absolute Gasteiger partial charge is 0.496 e. The summed E-state index contributed by atoms with van der Waals surface area (Å²) in [4.78, 5) is 19.3. The third kappa shape index (κ3) is 4.18. The molecule has 7 nitrogen and oxygen atoms in total. The summed E-state index contributed by atoms with van der Waals surface area (Å²) >= 11 is 0. The smallest absolute Gasteiger partial charge is 0.259 e. The molecule has 0 saturated carbocycles. The van der Waals surface area contributed by atoms with Crippen LogP contribution in [0, 0.1) is 5.41 Å². The summed E-state index contributed by atoms with van der Waals surface area (Å²) in [6.45, 7) is 5.32. The molecule has 2 saturated heterocycles. The molecule has 3 aromatic rings. The van der Waals surface area contributed by atoms with E-state index in [9.17, 15) is 4.79 Å². The zero-order valence-corrected chi connectivity index (χ0v) is 20.4. The normalized spacial score (nSPS) is 18.3. The average molecular weight is 463 g/mol. The van der Waals surface area contributed by atoms with Gasteiger partial charge in [0.25, 0.3) is 5.56 Å². The number of ether oxygens (including phenoxy) is 2. The Morgan fingerprint density at radius 2 is 1.71 bits per heavy atom. The summed E-state index contributed by atoms with van der Waals surface area (Å²) in [5.74, 6) is 1.63. The lowest BCUT2D eigenvalue weighted by Gasteiger charge is -2.44. The summed E-state index contributed by atoms with van der Waals surface area (Å²) in [6.07, 6.45) is 10.3. The topological polar surface area (TPSA) is 68.6 Å². The molecule has 180 valence electrons. The number of hydrogen-bond donors (Lipinski definition) is 1. The molecule has 0 bridgehead atoms. The summed E-state index contributed by atoms with van der Waals surface area (Å²) in [7, 11) is 5.20. The molecule has 0 amide bonds. The van der Waals surface area contributed by atoms with Gasteiger partial charge in [0.1, 0.15) is 11.5 Å². The molecular weight excluding hydrogens is 428 g/mol. The zero-order chi connectivity index (χ0) is 23.7. The van der Waals surface area contributed by atoms with E-state index in [0.717, 1.165) is 66.3 Å². The predicted molar refractivity (Wildman–Crippen MR) is 135 cm³/mol. The minimum atomic E-state index is -0.0565. The fraction of sp³-hybridized carbons (Fsp3) is 0.481. The minimum absolute atomic E-state index is 0.0565. The number of pyridine rings is 2. The van der Waals surface area contributed by atoms with Crippen molar-refractivity contribution in [1.29, 1.82) is 0 Å². The number of aromatic nitrogens is 2. The Morgan fingerprint density at radius 1 is 1.03 bits per heavy atom. The molecular formula is C27H34N4O3. The lowest BCUT2D eigenvalue weighted by Crippen LogP contribution is -2.45. The van der Waals surface area contributed by atoms with Gasteiger partial charge in [-0.05, 0) is 86.4 Å². The van der Waals surface area contributed by atoms with Gasteiger partial charge in [0, 0.05) is 37.7 Å². The quantitative estimate of drug-likeness (QED) is 0.625. The fourth-order valence-corrected chi connectivity index (χ4v) is 5.70. The lowest BCUT2D eigenvalue weighted by atomic mass is 9.71. The highest BCUT2D eigenvalue weighted by Gasteiger charge is 2.35. The zero-order valence-electron chi connectivity index (χ0n) is 20.4. The maximum atomic E-state index is 12.6. The third-order valence-corrected chi connectivity index (χ3v) is 7.87. The van der Waals surface area contributed by atoms with E-state index in [-0.39, 0.29) is 5.56 Å². The predicted octanol–water partition coefficient (Wildman–Crippen LogP) is 3.58. The van der Waals surface area contributed by atoms with E-state index >= 15 is 0 Å². The van der Waals surface area contributed by atoms with Gasteiger partial charge in [-0.2, -0.15) is 0 Å². The van der Waals surface area contributed by atoms with Crippen molar-refractivity contribution in [3.8, 4) is 22.6 Å². The number of hydrogen-bond acceptors (Lipinski definition) is 6. The highest BCUT2D eigenvalue weighted by atomic mass is 16.5. The summed E-state index contributed by atoms with van der Waals surface area (Å²) < 4.78 is 13.4. The second-order valence-corrected chi connectivity index (χ2v) is 9.77. The van der Waals surface area contributed by atoms with Gasteiger partial charge in [-0.15, -0.1) is 0 Å². The molecule has 2 fully saturated rings. The van der Waals surface area contributed by atoms with Crippen LogP contribution < -0.4 is 20.3 Å². The number of aryl methyl sites for hydroxylation is 1. The Morgan fingerprint density at radius 3 is 2.35 bits per heavy atom. The van der Waals surface area contributed by atoms with E-state index < -0.39 is 0 Å². The number of methoxy groups -OCH3 is 2. The van der Waals surface area contributed by atoms with Crippen molar-refractivity contribution in [1.82, 2.24) is 19.8 Å². The van der Waals surface area contributed by atoms with Crippen LogP contribution >= 0.6 is 0 Å². The Balaban J connectivity index is 1.47. The first-order valence-electron chi connectivity index (χ1n) is 12.2. The molecule has 1 spiro atoms. The van der Waals surface area contributed by atoms with Gasteiger partial charge in [0.2, 0.25) is 0 Å². The number of likely N-dealkylation sites (tertiary alicyclic amines) is 1. The van der Waals surface area contributed by atoms with Crippen LogP contribution in [0.25, 0.3) is 21.9 Å². The molecule has 1 N–H and O–H groups in total. The Kier molecular flexibility index (Phi) is 6.32. The van der Waals surface area contributed by atoms with E-state index in [0.29, 0.717) is 10.8 Å². The Hall–Kier alpha value is -2.90. The summed E-state index contributed by atoms with van der Waals surface area (Å²) in [5, 5.41) is 4.98. The summed E-state index contributed by atoms with van der Waals surface area (Å²) in [5.41, 5.74) is 3.45. The van der Waals surface area contributed by atoms with E-state index in [1.165, 1.54) is 25.7 Å². The van der Waals surface area contributed by atoms with Crippen molar-refractivity contribution in [3.05, 3.63) is 52.7 Å². The van der Waals surface area contributed by atoms with Gasteiger partial charge in [-0.1, -0.05) is 0 Å². The highest BCUT2D eigenvalue weighted by molar-refractivity contribution is 5.95. The SMILES string of the molecule is COc1cc(-c2cn(C)c(=O)c3cnccc23)cc(OC)c1CN1CCC2(CCNCC2)CC1. The van der Waals surface area contributed by atoms with Crippen LogP contribution in [0.1, 0.15) is 31.2 Å². The molecule has 0 atom stereocenters. The van der Waals surface area contributed by atoms with E-state index in [4.69, 9.17) is 9.47 Å². The molecule has 7 heteroatoms. The number of fused-ring (bicyclic) bond motifs is 1. The van der Waals surface area contributed by atoms with Crippen molar-refractivity contribution >= 4 is 10.8 Å². The number of piperidine rings is 2. The molecule has 5 rings (SSSR count). The number of rotatable bonds is 5. The number of nitrogens with one attached hydrogen (secondary N) is 1. The van der Waals surface area contributed by atoms with Gasteiger partial charge in [-0.3, -0.25) is 14.7 Å². The lowest BCUT2D eigenvalue weighted by molar-refractivity contribution is 0.0693. The molecule has 2 aliphatic rings. The molecule has 2 aromatic heterocycles. The maximum absolute atomic E-state index is 12.6. The first kappa shape index (κ1) is 22.9. The van der Waals surface area contributed by atoms with Gasteiger partial charge < -0.3 is 19.4 Å². The molecule has 4 heterocycles. The van der Waals surface area contributed by atoms with Crippen molar-refractivity contribution in [2.24, 2.45) is 12.5 Å². The van der Waals surface area contributed by atoms with Crippen LogP contribution in [-0.2, 0) is 13.6 Å². The van der Waals surface area contributed by atoms with E-state index in [2.05, 4.69) is 27.3 Å². The fourth-order valence-electron chi connectivity index (χ4n) is 5.70.